The summed E-state index contributed by atoms with van der Waals surface area (Å²) in [6, 6.07) is 0. The molecule has 0 aromatic carbocycles. The van der Waals surface area contributed by atoms with Gasteiger partial charge in [0.1, 0.15) is 13.2 Å². The first-order valence-corrected chi connectivity index (χ1v) is 24.4. The standard InChI is InChI=1S/C49H94O6/c1-5-7-9-11-13-15-17-18-19-20-21-22-24-26-28-34-38-42-49(52)55-46(44-54-48(51)41-37-33-30-29-31-35-39-45(3)4)43-53-47(50)40-36-32-27-25-23-16-14-12-10-8-6-2/h45-46H,5-44H2,1-4H3/t46-/m1/s1. The summed E-state index contributed by atoms with van der Waals surface area (Å²) in [5, 5.41) is 0. The average molecular weight is 779 g/mol. The summed E-state index contributed by atoms with van der Waals surface area (Å²) in [4.78, 5) is 37.7. The minimum absolute atomic E-state index is 0.0642. The second-order valence-corrected chi connectivity index (χ2v) is 17.2. The fourth-order valence-corrected chi connectivity index (χ4v) is 7.33. The van der Waals surface area contributed by atoms with Gasteiger partial charge in [-0.2, -0.15) is 0 Å². The third-order valence-corrected chi connectivity index (χ3v) is 11.0. The summed E-state index contributed by atoms with van der Waals surface area (Å²) in [7, 11) is 0. The van der Waals surface area contributed by atoms with Crippen LogP contribution in [-0.4, -0.2) is 37.2 Å². The maximum absolute atomic E-state index is 12.7. The van der Waals surface area contributed by atoms with Crippen molar-refractivity contribution in [3.63, 3.8) is 0 Å². The fourth-order valence-electron chi connectivity index (χ4n) is 7.33. The molecule has 55 heavy (non-hydrogen) atoms. The van der Waals surface area contributed by atoms with Gasteiger partial charge < -0.3 is 14.2 Å². The van der Waals surface area contributed by atoms with Crippen LogP contribution in [0.1, 0.15) is 272 Å². The second kappa shape index (κ2) is 43.5. The van der Waals surface area contributed by atoms with E-state index in [2.05, 4.69) is 27.7 Å². The zero-order valence-electron chi connectivity index (χ0n) is 37.4. The molecule has 0 saturated heterocycles. The molecule has 0 saturated carbocycles. The van der Waals surface area contributed by atoms with Crippen molar-refractivity contribution in [3.8, 4) is 0 Å². The van der Waals surface area contributed by atoms with E-state index in [1.165, 1.54) is 167 Å². The first-order chi connectivity index (χ1) is 26.9. The first-order valence-electron chi connectivity index (χ1n) is 24.4. The maximum atomic E-state index is 12.7. The molecular formula is C49H94O6. The molecule has 0 aromatic rings. The Bertz CT molecular complexity index is 826. The van der Waals surface area contributed by atoms with E-state index in [1.807, 2.05) is 0 Å². The molecule has 0 aliphatic carbocycles. The summed E-state index contributed by atoms with van der Waals surface area (Å²) in [5.41, 5.74) is 0. The zero-order valence-corrected chi connectivity index (χ0v) is 37.4. The lowest BCUT2D eigenvalue weighted by Gasteiger charge is -2.18. The molecule has 6 nitrogen and oxygen atoms in total. The zero-order chi connectivity index (χ0) is 40.3. The van der Waals surface area contributed by atoms with Crippen LogP contribution in [0.3, 0.4) is 0 Å². The molecule has 0 radical (unpaired) electrons. The van der Waals surface area contributed by atoms with Crippen LogP contribution in [0, 0.1) is 5.92 Å². The summed E-state index contributed by atoms with van der Waals surface area (Å²) < 4.78 is 16.7. The van der Waals surface area contributed by atoms with Gasteiger partial charge in [0, 0.05) is 19.3 Å². The molecule has 0 fully saturated rings. The molecule has 0 aliphatic rings. The lowest BCUT2D eigenvalue weighted by molar-refractivity contribution is -0.167. The number of hydrogen-bond acceptors (Lipinski definition) is 6. The molecule has 6 heteroatoms. The van der Waals surface area contributed by atoms with Gasteiger partial charge in [-0.1, -0.05) is 233 Å². The van der Waals surface area contributed by atoms with Gasteiger partial charge in [-0.05, 0) is 25.2 Å². The summed E-state index contributed by atoms with van der Waals surface area (Å²) >= 11 is 0. The van der Waals surface area contributed by atoms with Gasteiger partial charge in [-0.25, -0.2) is 0 Å². The van der Waals surface area contributed by atoms with Crippen molar-refractivity contribution in [1.29, 1.82) is 0 Å². The Kier molecular flexibility index (Phi) is 42.3. The molecule has 0 heterocycles. The molecule has 326 valence electrons. The number of rotatable bonds is 44. The van der Waals surface area contributed by atoms with E-state index in [1.54, 1.807) is 0 Å². The van der Waals surface area contributed by atoms with Gasteiger partial charge in [0.2, 0.25) is 0 Å². The highest BCUT2D eigenvalue weighted by Crippen LogP contribution is 2.16. The predicted octanol–water partition coefficient (Wildman–Crippen LogP) is 15.5. The van der Waals surface area contributed by atoms with E-state index in [-0.39, 0.29) is 31.1 Å². The van der Waals surface area contributed by atoms with Gasteiger partial charge in [0.25, 0.3) is 0 Å². The van der Waals surface area contributed by atoms with Gasteiger partial charge in [0.05, 0.1) is 0 Å². The molecule has 1 atom stereocenters. The van der Waals surface area contributed by atoms with E-state index in [9.17, 15) is 14.4 Å². The van der Waals surface area contributed by atoms with Gasteiger partial charge in [-0.15, -0.1) is 0 Å². The highest BCUT2D eigenvalue weighted by atomic mass is 16.6. The maximum Gasteiger partial charge on any atom is 0.306 e. The van der Waals surface area contributed by atoms with Crippen molar-refractivity contribution < 1.29 is 28.6 Å². The van der Waals surface area contributed by atoms with Crippen molar-refractivity contribution in [2.45, 2.75) is 278 Å². The average Bonchev–Trinajstić information content (AvgIpc) is 3.17. The van der Waals surface area contributed by atoms with Crippen molar-refractivity contribution in [1.82, 2.24) is 0 Å². The molecule has 0 amide bonds. The normalized spacial score (nSPS) is 11.9. The Morgan fingerprint density at radius 3 is 0.891 bits per heavy atom. The van der Waals surface area contributed by atoms with Crippen molar-refractivity contribution in [2.75, 3.05) is 13.2 Å². The van der Waals surface area contributed by atoms with E-state index in [0.29, 0.717) is 19.3 Å². The number of carbonyl (C=O) groups is 3. The van der Waals surface area contributed by atoms with Crippen LogP contribution < -0.4 is 0 Å². The molecule has 0 unspecified atom stereocenters. The number of carbonyl (C=O) groups excluding carboxylic acids is 3. The fraction of sp³-hybridized carbons (Fsp3) is 0.939. The Morgan fingerprint density at radius 2 is 0.600 bits per heavy atom. The summed E-state index contributed by atoms with van der Waals surface area (Å²) in [6.07, 6.45) is 43.9. The SMILES string of the molecule is CCCCCCCCCCCCCCCCCCCC(=O)O[C@H](COC(=O)CCCCCCCCCCCCC)COC(=O)CCCCCCCCC(C)C. The smallest absolute Gasteiger partial charge is 0.306 e. The third-order valence-electron chi connectivity index (χ3n) is 11.0. The van der Waals surface area contributed by atoms with Crippen LogP contribution in [0.5, 0.6) is 0 Å². The molecule has 0 bridgehead atoms. The Labute approximate surface area is 342 Å². The highest BCUT2D eigenvalue weighted by Gasteiger charge is 2.19. The molecule has 0 aromatic heterocycles. The van der Waals surface area contributed by atoms with Crippen LogP contribution >= 0.6 is 0 Å². The predicted molar refractivity (Wildman–Crippen MR) is 233 cm³/mol. The van der Waals surface area contributed by atoms with Gasteiger partial charge in [0.15, 0.2) is 6.10 Å². The van der Waals surface area contributed by atoms with E-state index < -0.39 is 6.10 Å². The van der Waals surface area contributed by atoms with E-state index in [4.69, 9.17) is 14.2 Å². The first kappa shape index (κ1) is 53.4. The van der Waals surface area contributed by atoms with Gasteiger partial charge in [-0.3, -0.25) is 14.4 Å². The molecule has 0 N–H and O–H groups in total. The summed E-state index contributed by atoms with van der Waals surface area (Å²) in [5.74, 6) is -0.0912. The third kappa shape index (κ3) is 43.4. The monoisotopic (exact) mass is 779 g/mol. The van der Waals surface area contributed by atoms with Crippen LogP contribution in [0.25, 0.3) is 0 Å². The topological polar surface area (TPSA) is 78.9 Å². The van der Waals surface area contributed by atoms with Crippen molar-refractivity contribution in [3.05, 3.63) is 0 Å². The van der Waals surface area contributed by atoms with Crippen molar-refractivity contribution in [2.24, 2.45) is 5.92 Å². The minimum atomic E-state index is -0.760. The van der Waals surface area contributed by atoms with Crippen molar-refractivity contribution >= 4 is 17.9 Å². The number of ether oxygens (including phenoxy) is 3. The second-order valence-electron chi connectivity index (χ2n) is 17.2. The highest BCUT2D eigenvalue weighted by molar-refractivity contribution is 5.71. The molecular weight excluding hydrogens is 685 g/mol. The molecule has 0 rings (SSSR count). The van der Waals surface area contributed by atoms with E-state index >= 15 is 0 Å². The Morgan fingerprint density at radius 1 is 0.345 bits per heavy atom. The van der Waals surface area contributed by atoms with Crippen LogP contribution in [0.15, 0.2) is 0 Å². The summed E-state index contributed by atoms with van der Waals surface area (Å²) in [6.45, 7) is 8.94. The molecule has 0 spiro atoms. The Hall–Kier alpha value is -1.59. The van der Waals surface area contributed by atoms with Gasteiger partial charge >= 0.3 is 17.9 Å². The van der Waals surface area contributed by atoms with Crippen LogP contribution in [-0.2, 0) is 28.6 Å². The minimum Gasteiger partial charge on any atom is -0.462 e. The lowest BCUT2D eigenvalue weighted by atomic mass is 10.0. The van der Waals surface area contributed by atoms with E-state index in [0.717, 1.165) is 63.7 Å². The lowest BCUT2D eigenvalue weighted by Crippen LogP contribution is -2.30. The molecule has 0 aliphatic heterocycles. The largest absolute Gasteiger partial charge is 0.462 e. The van der Waals surface area contributed by atoms with Crippen LogP contribution in [0.4, 0.5) is 0 Å². The van der Waals surface area contributed by atoms with Crippen LogP contribution in [0.2, 0.25) is 0 Å². The number of hydrogen-bond donors (Lipinski definition) is 0. The number of esters is 3. The number of unbranched alkanes of at least 4 members (excludes halogenated alkanes) is 31. The quantitative estimate of drug-likeness (QED) is 0.0348. The Balaban J connectivity index is 4.26.